The number of carbonyl (C=O) groups excluding carboxylic acids is 2. The Morgan fingerprint density at radius 3 is 2.38 bits per heavy atom. The van der Waals surface area contributed by atoms with Gasteiger partial charge in [0, 0.05) is 0 Å². The molecular weight excluding hydrogens is 377 g/mol. The number of hydrogen-bond acceptors (Lipinski definition) is 4. The van der Waals surface area contributed by atoms with Crippen molar-refractivity contribution >= 4 is 35.1 Å². The van der Waals surface area contributed by atoms with Gasteiger partial charge in [-0.05, 0) is 42.3 Å². The lowest BCUT2D eigenvalue weighted by Gasteiger charge is -2.15. The molecule has 0 aliphatic heterocycles. The molecule has 7 heteroatoms. The van der Waals surface area contributed by atoms with Crippen LogP contribution in [0.15, 0.2) is 42.5 Å². The highest BCUT2D eigenvalue weighted by atomic mass is 35.5. The SMILES string of the molecule is COc1ccc(CC(=O)OCC(=O)NC(C)c2ccc(Cl)c(Cl)c2)cc1. The highest BCUT2D eigenvalue weighted by Crippen LogP contribution is 2.25. The van der Waals surface area contributed by atoms with Crippen molar-refractivity contribution in [3.8, 4) is 5.75 Å². The van der Waals surface area contributed by atoms with Gasteiger partial charge in [0.1, 0.15) is 5.75 Å². The molecule has 2 aromatic carbocycles. The summed E-state index contributed by atoms with van der Waals surface area (Å²) in [6.07, 6.45) is 0.0830. The maximum absolute atomic E-state index is 12.0. The van der Waals surface area contributed by atoms with Crippen LogP contribution in [0.25, 0.3) is 0 Å². The monoisotopic (exact) mass is 395 g/mol. The Bertz CT molecular complexity index is 778. The van der Waals surface area contributed by atoms with E-state index in [0.29, 0.717) is 15.8 Å². The van der Waals surface area contributed by atoms with Gasteiger partial charge in [-0.2, -0.15) is 0 Å². The number of rotatable bonds is 7. The largest absolute Gasteiger partial charge is 0.497 e. The molecule has 0 heterocycles. The normalized spacial score (nSPS) is 11.5. The number of nitrogens with one attached hydrogen (secondary N) is 1. The second-order valence-electron chi connectivity index (χ2n) is 5.65. The quantitative estimate of drug-likeness (QED) is 0.720. The van der Waals surface area contributed by atoms with Gasteiger partial charge in [-0.1, -0.05) is 41.4 Å². The Hall–Kier alpha value is -2.24. The summed E-state index contributed by atoms with van der Waals surface area (Å²) < 4.78 is 10.1. The molecule has 0 saturated carbocycles. The van der Waals surface area contributed by atoms with Gasteiger partial charge >= 0.3 is 5.97 Å². The van der Waals surface area contributed by atoms with Crippen molar-refractivity contribution in [3.05, 3.63) is 63.6 Å². The molecule has 0 spiro atoms. The van der Waals surface area contributed by atoms with Crippen LogP contribution in [0.3, 0.4) is 0 Å². The molecule has 0 aliphatic rings. The molecular formula is C19H19Cl2NO4. The smallest absolute Gasteiger partial charge is 0.310 e. The molecule has 138 valence electrons. The van der Waals surface area contributed by atoms with Crippen LogP contribution < -0.4 is 10.1 Å². The van der Waals surface area contributed by atoms with Gasteiger partial charge in [0.2, 0.25) is 0 Å². The predicted molar refractivity (Wildman–Crippen MR) is 101 cm³/mol. The molecule has 2 aromatic rings. The number of ether oxygens (including phenoxy) is 2. The van der Waals surface area contributed by atoms with E-state index in [4.69, 9.17) is 32.7 Å². The first-order valence-corrected chi connectivity index (χ1v) is 8.67. The molecule has 0 radical (unpaired) electrons. The molecule has 0 saturated heterocycles. The molecule has 1 amide bonds. The first-order valence-electron chi connectivity index (χ1n) is 7.92. The van der Waals surface area contributed by atoms with Crippen molar-refractivity contribution in [3.63, 3.8) is 0 Å². The van der Waals surface area contributed by atoms with E-state index in [1.807, 2.05) is 0 Å². The van der Waals surface area contributed by atoms with Crippen LogP contribution in [0.4, 0.5) is 0 Å². The van der Waals surface area contributed by atoms with E-state index < -0.39 is 11.9 Å². The molecule has 5 nitrogen and oxygen atoms in total. The van der Waals surface area contributed by atoms with E-state index >= 15 is 0 Å². The summed E-state index contributed by atoms with van der Waals surface area (Å²) >= 11 is 11.8. The van der Waals surface area contributed by atoms with E-state index in [2.05, 4.69) is 5.32 Å². The summed E-state index contributed by atoms with van der Waals surface area (Å²) in [4.78, 5) is 23.8. The zero-order valence-corrected chi connectivity index (χ0v) is 15.9. The van der Waals surface area contributed by atoms with E-state index in [0.717, 1.165) is 11.1 Å². The lowest BCUT2D eigenvalue weighted by atomic mass is 10.1. The maximum atomic E-state index is 12.0. The molecule has 26 heavy (non-hydrogen) atoms. The third-order valence-electron chi connectivity index (χ3n) is 3.69. The summed E-state index contributed by atoms with van der Waals surface area (Å²) in [7, 11) is 1.57. The number of halogens is 2. The molecule has 1 N–H and O–H groups in total. The molecule has 1 unspecified atom stereocenters. The van der Waals surface area contributed by atoms with Crippen LogP contribution in [0.5, 0.6) is 5.75 Å². The van der Waals surface area contributed by atoms with Crippen molar-refractivity contribution < 1.29 is 19.1 Å². The number of esters is 1. The highest BCUT2D eigenvalue weighted by Gasteiger charge is 2.13. The minimum Gasteiger partial charge on any atom is -0.497 e. The van der Waals surface area contributed by atoms with Gasteiger partial charge in [-0.25, -0.2) is 0 Å². The maximum Gasteiger partial charge on any atom is 0.310 e. The van der Waals surface area contributed by atoms with Crippen molar-refractivity contribution in [1.82, 2.24) is 5.32 Å². The summed E-state index contributed by atoms with van der Waals surface area (Å²) in [5.74, 6) is -0.169. The Morgan fingerprint density at radius 1 is 1.08 bits per heavy atom. The molecule has 2 rings (SSSR count). The lowest BCUT2D eigenvalue weighted by molar-refractivity contribution is -0.148. The van der Waals surface area contributed by atoms with Crippen LogP contribution in [-0.2, 0) is 20.7 Å². The fraction of sp³-hybridized carbons (Fsp3) is 0.263. The third-order valence-corrected chi connectivity index (χ3v) is 4.43. The fourth-order valence-corrected chi connectivity index (χ4v) is 2.56. The zero-order valence-electron chi connectivity index (χ0n) is 14.4. The van der Waals surface area contributed by atoms with E-state index in [9.17, 15) is 9.59 Å². The number of carbonyl (C=O) groups is 2. The number of amides is 1. The topological polar surface area (TPSA) is 64.6 Å². The molecule has 0 aliphatic carbocycles. The van der Waals surface area contributed by atoms with Crippen molar-refractivity contribution in [1.29, 1.82) is 0 Å². The molecule has 0 fully saturated rings. The van der Waals surface area contributed by atoms with E-state index in [1.165, 1.54) is 0 Å². The summed E-state index contributed by atoms with van der Waals surface area (Å²) in [6.45, 7) is 1.46. The van der Waals surface area contributed by atoms with Gasteiger partial charge in [0.05, 0.1) is 29.6 Å². The zero-order chi connectivity index (χ0) is 19.1. The van der Waals surface area contributed by atoms with E-state index in [1.54, 1.807) is 56.5 Å². The Labute approximate surface area is 162 Å². The predicted octanol–water partition coefficient (Wildman–Crippen LogP) is 3.97. The van der Waals surface area contributed by atoms with Gasteiger partial charge in [-0.15, -0.1) is 0 Å². The number of hydrogen-bond donors (Lipinski definition) is 1. The highest BCUT2D eigenvalue weighted by molar-refractivity contribution is 6.42. The van der Waals surface area contributed by atoms with Crippen LogP contribution in [-0.4, -0.2) is 25.6 Å². The Kier molecular flexibility index (Phi) is 7.30. The average Bonchev–Trinajstić information content (AvgIpc) is 2.63. The minimum atomic E-state index is -0.479. The summed E-state index contributed by atoms with van der Waals surface area (Å²) in [5, 5.41) is 3.60. The fourth-order valence-electron chi connectivity index (χ4n) is 2.26. The molecule has 0 bridgehead atoms. The average molecular weight is 396 g/mol. The van der Waals surface area contributed by atoms with Crippen LogP contribution in [0.1, 0.15) is 24.1 Å². The lowest BCUT2D eigenvalue weighted by Crippen LogP contribution is -2.31. The first-order chi connectivity index (χ1) is 12.4. The van der Waals surface area contributed by atoms with Gasteiger partial charge < -0.3 is 14.8 Å². The number of benzene rings is 2. The van der Waals surface area contributed by atoms with Crippen LogP contribution in [0, 0.1) is 0 Å². The first kappa shape index (κ1) is 20.1. The summed E-state index contributed by atoms with van der Waals surface area (Å²) in [6, 6.07) is 11.9. The van der Waals surface area contributed by atoms with Gasteiger partial charge in [0.15, 0.2) is 6.61 Å². The standard InChI is InChI=1S/C19H19Cl2NO4/c1-12(14-5-8-16(20)17(21)10-14)22-18(23)11-26-19(24)9-13-3-6-15(25-2)7-4-13/h3-8,10,12H,9,11H2,1-2H3,(H,22,23). The summed E-state index contributed by atoms with van der Waals surface area (Å²) in [5.41, 5.74) is 1.58. The van der Waals surface area contributed by atoms with Crippen molar-refractivity contribution in [2.45, 2.75) is 19.4 Å². The Balaban J connectivity index is 1.79. The van der Waals surface area contributed by atoms with Gasteiger partial charge in [-0.3, -0.25) is 9.59 Å². The third kappa shape index (κ3) is 5.93. The van der Waals surface area contributed by atoms with Crippen molar-refractivity contribution in [2.75, 3.05) is 13.7 Å². The second-order valence-corrected chi connectivity index (χ2v) is 6.46. The van der Waals surface area contributed by atoms with Crippen LogP contribution >= 0.6 is 23.2 Å². The second kappa shape index (κ2) is 9.46. The van der Waals surface area contributed by atoms with Crippen molar-refractivity contribution in [2.24, 2.45) is 0 Å². The van der Waals surface area contributed by atoms with Crippen LogP contribution in [0.2, 0.25) is 10.0 Å². The van der Waals surface area contributed by atoms with E-state index in [-0.39, 0.29) is 19.1 Å². The minimum absolute atomic E-state index is 0.0830. The molecule has 1 atom stereocenters. The Morgan fingerprint density at radius 2 is 1.77 bits per heavy atom. The number of methoxy groups -OCH3 is 1. The molecule has 0 aromatic heterocycles. The van der Waals surface area contributed by atoms with Gasteiger partial charge in [0.25, 0.3) is 5.91 Å².